The van der Waals surface area contributed by atoms with Crippen LogP contribution >= 0.6 is 11.3 Å². The fourth-order valence-corrected chi connectivity index (χ4v) is 2.86. The van der Waals surface area contributed by atoms with Crippen molar-refractivity contribution in [1.29, 1.82) is 0 Å². The van der Waals surface area contributed by atoms with Crippen LogP contribution in [0.15, 0.2) is 48.0 Å². The van der Waals surface area contributed by atoms with Crippen LogP contribution in [0.25, 0.3) is 10.2 Å². The molecule has 0 unspecified atom stereocenters. The number of rotatable bonds is 4. The molecule has 0 aliphatic heterocycles. The highest BCUT2D eigenvalue weighted by molar-refractivity contribution is 7.16. The first-order valence-electron chi connectivity index (χ1n) is 6.41. The Labute approximate surface area is 126 Å². The van der Waals surface area contributed by atoms with Crippen LogP contribution in [0.1, 0.15) is 15.9 Å². The van der Waals surface area contributed by atoms with Crippen LogP contribution in [0.4, 0.5) is 0 Å². The maximum absolute atomic E-state index is 11.7. The maximum Gasteiger partial charge on any atom is 0.341 e. The predicted molar refractivity (Wildman–Crippen MR) is 81.7 cm³/mol. The average Bonchev–Trinajstić information content (AvgIpc) is 3.01. The molecule has 106 valence electrons. The van der Waals surface area contributed by atoms with Crippen molar-refractivity contribution < 1.29 is 14.3 Å². The molecule has 0 saturated carbocycles. The minimum absolute atomic E-state index is 0.379. The van der Waals surface area contributed by atoms with Gasteiger partial charge in [-0.2, -0.15) is 0 Å². The summed E-state index contributed by atoms with van der Waals surface area (Å²) in [6, 6.07) is 11.0. The Morgan fingerprint density at radius 2 is 2.10 bits per heavy atom. The molecule has 3 aromatic rings. The van der Waals surface area contributed by atoms with E-state index in [9.17, 15) is 4.79 Å². The summed E-state index contributed by atoms with van der Waals surface area (Å²) in [4.78, 5) is 17.0. The third kappa shape index (κ3) is 2.73. The number of thiophene rings is 1. The quantitative estimate of drug-likeness (QED) is 0.690. The number of benzene rings is 1. The molecule has 0 fully saturated rings. The van der Waals surface area contributed by atoms with Crippen molar-refractivity contribution in [1.82, 2.24) is 4.98 Å². The van der Waals surface area contributed by atoms with Gasteiger partial charge in [-0.3, -0.25) is 0 Å². The van der Waals surface area contributed by atoms with Gasteiger partial charge >= 0.3 is 5.97 Å². The number of pyridine rings is 1. The number of carbonyl (C=O) groups excluding carboxylic acids is 1. The van der Waals surface area contributed by atoms with Crippen LogP contribution in [0.5, 0.6) is 5.75 Å². The summed E-state index contributed by atoms with van der Waals surface area (Å²) < 4.78 is 10.6. The van der Waals surface area contributed by atoms with Crippen LogP contribution in [0, 0.1) is 0 Å². The van der Waals surface area contributed by atoms with Crippen molar-refractivity contribution in [3.8, 4) is 5.75 Å². The summed E-state index contributed by atoms with van der Waals surface area (Å²) in [5.74, 6) is 0.116. The third-order valence-electron chi connectivity index (χ3n) is 3.13. The molecule has 0 bridgehead atoms. The molecule has 0 N–H and O–H groups in total. The lowest BCUT2D eigenvalue weighted by atomic mass is 10.2. The smallest absolute Gasteiger partial charge is 0.341 e. The Hall–Kier alpha value is -2.40. The fourth-order valence-electron chi connectivity index (χ4n) is 2.08. The zero-order valence-electron chi connectivity index (χ0n) is 11.4. The number of nitrogens with zero attached hydrogens (tertiary/aromatic N) is 1. The normalized spacial score (nSPS) is 10.5. The van der Waals surface area contributed by atoms with Gasteiger partial charge < -0.3 is 9.47 Å². The number of hydrogen-bond acceptors (Lipinski definition) is 5. The molecular weight excluding hydrogens is 286 g/mol. The second-order valence-electron chi connectivity index (χ2n) is 4.39. The molecular formula is C16H13NO3S. The second kappa shape index (κ2) is 5.93. The molecule has 2 aromatic heterocycles. The molecule has 3 rings (SSSR count). The van der Waals surface area contributed by atoms with Gasteiger partial charge in [0.1, 0.15) is 22.8 Å². The summed E-state index contributed by atoms with van der Waals surface area (Å²) in [6.07, 6.45) is 1.77. The Morgan fingerprint density at radius 1 is 1.24 bits per heavy atom. The van der Waals surface area contributed by atoms with Crippen LogP contribution in [0.3, 0.4) is 0 Å². The number of para-hydroxylation sites is 1. The molecule has 1 aromatic carbocycles. The van der Waals surface area contributed by atoms with Gasteiger partial charge in [0.2, 0.25) is 0 Å². The molecule has 0 spiro atoms. The van der Waals surface area contributed by atoms with Crippen LogP contribution in [-0.4, -0.2) is 18.1 Å². The Morgan fingerprint density at radius 3 is 2.95 bits per heavy atom. The summed E-state index contributed by atoms with van der Waals surface area (Å²) in [7, 11) is 1.36. The van der Waals surface area contributed by atoms with Gasteiger partial charge in [-0.25, -0.2) is 9.78 Å². The Kier molecular flexibility index (Phi) is 3.83. The number of carbonyl (C=O) groups is 1. The minimum Gasteiger partial charge on any atom is -0.488 e. The zero-order valence-corrected chi connectivity index (χ0v) is 12.2. The first kappa shape index (κ1) is 13.6. The van der Waals surface area contributed by atoms with Gasteiger partial charge in [0.25, 0.3) is 0 Å². The number of fused-ring (bicyclic) bond motifs is 1. The van der Waals surface area contributed by atoms with Gasteiger partial charge in [0.15, 0.2) is 0 Å². The van der Waals surface area contributed by atoms with Gasteiger partial charge in [-0.1, -0.05) is 12.1 Å². The summed E-state index contributed by atoms with van der Waals surface area (Å²) in [6.45, 7) is 0.379. The Bertz CT molecular complexity index is 782. The van der Waals surface area contributed by atoms with E-state index in [-0.39, 0.29) is 0 Å². The van der Waals surface area contributed by atoms with E-state index in [0.29, 0.717) is 17.9 Å². The number of esters is 1. The van der Waals surface area contributed by atoms with Crippen LogP contribution < -0.4 is 4.74 Å². The number of aromatic nitrogens is 1. The van der Waals surface area contributed by atoms with Crippen LogP contribution in [-0.2, 0) is 11.3 Å². The van der Waals surface area contributed by atoms with Crippen molar-refractivity contribution >= 4 is 27.5 Å². The van der Waals surface area contributed by atoms with E-state index >= 15 is 0 Å². The van der Waals surface area contributed by atoms with E-state index in [0.717, 1.165) is 15.8 Å². The van der Waals surface area contributed by atoms with Crippen molar-refractivity contribution in [2.45, 2.75) is 6.61 Å². The Balaban J connectivity index is 1.85. The predicted octanol–water partition coefficient (Wildman–Crippen LogP) is 3.66. The highest BCUT2D eigenvalue weighted by Crippen LogP contribution is 2.25. The maximum atomic E-state index is 11.7. The van der Waals surface area contributed by atoms with Crippen LogP contribution in [0.2, 0.25) is 0 Å². The number of ether oxygens (including phenoxy) is 2. The molecule has 2 heterocycles. The molecule has 0 radical (unpaired) electrons. The van der Waals surface area contributed by atoms with Gasteiger partial charge in [0.05, 0.1) is 7.11 Å². The van der Waals surface area contributed by atoms with Crippen molar-refractivity contribution in [2.75, 3.05) is 7.11 Å². The molecule has 21 heavy (non-hydrogen) atoms. The van der Waals surface area contributed by atoms with E-state index in [1.807, 2.05) is 23.6 Å². The van der Waals surface area contributed by atoms with Crippen molar-refractivity contribution in [2.24, 2.45) is 0 Å². The topological polar surface area (TPSA) is 48.4 Å². The lowest BCUT2D eigenvalue weighted by Gasteiger charge is -2.10. The summed E-state index contributed by atoms with van der Waals surface area (Å²) >= 11 is 1.59. The SMILES string of the molecule is COC(=O)c1ccccc1OCc1ccnc2sccc12. The first-order chi connectivity index (χ1) is 10.3. The van der Waals surface area contributed by atoms with E-state index in [2.05, 4.69) is 4.98 Å². The number of hydrogen-bond donors (Lipinski definition) is 0. The highest BCUT2D eigenvalue weighted by Gasteiger charge is 2.12. The molecule has 0 aliphatic carbocycles. The third-order valence-corrected chi connectivity index (χ3v) is 3.95. The van der Waals surface area contributed by atoms with E-state index in [4.69, 9.17) is 9.47 Å². The zero-order chi connectivity index (χ0) is 14.7. The lowest BCUT2D eigenvalue weighted by molar-refractivity contribution is 0.0595. The average molecular weight is 299 g/mol. The molecule has 0 aliphatic rings. The van der Waals surface area contributed by atoms with E-state index in [1.165, 1.54) is 7.11 Å². The van der Waals surface area contributed by atoms with E-state index < -0.39 is 5.97 Å². The standard InChI is InChI=1S/C16H13NO3S/c1-19-16(18)13-4-2-3-5-14(13)20-10-11-6-8-17-15-12(11)7-9-21-15/h2-9H,10H2,1H3. The van der Waals surface area contributed by atoms with E-state index in [1.54, 1.807) is 35.7 Å². The molecule has 4 nitrogen and oxygen atoms in total. The second-order valence-corrected chi connectivity index (χ2v) is 5.28. The monoisotopic (exact) mass is 299 g/mol. The fraction of sp³-hybridized carbons (Fsp3) is 0.125. The van der Waals surface area contributed by atoms with Gasteiger partial charge in [-0.05, 0) is 29.6 Å². The summed E-state index contributed by atoms with van der Waals surface area (Å²) in [5.41, 5.74) is 1.47. The van der Waals surface area contributed by atoms with Crippen molar-refractivity contribution in [3.05, 3.63) is 59.1 Å². The van der Waals surface area contributed by atoms with Gasteiger partial charge in [0, 0.05) is 17.1 Å². The van der Waals surface area contributed by atoms with Gasteiger partial charge in [-0.15, -0.1) is 11.3 Å². The lowest BCUT2D eigenvalue weighted by Crippen LogP contribution is -2.05. The summed E-state index contributed by atoms with van der Waals surface area (Å²) in [5, 5.41) is 3.09. The molecule has 0 saturated heterocycles. The highest BCUT2D eigenvalue weighted by atomic mass is 32.1. The number of methoxy groups -OCH3 is 1. The molecule has 0 amide bonds. The molecule has 5 heteroatoms. The van der Waals surface area contributed by atoms with Crippen molar-refractivity contribution in [3.63, 3.8) is 0 Å². The first-order valence-corrected chi connectivity index (χ1v) is 7.29. The molecule has 0 atom stereocenters. The minimum atomic E-state index is -0.402. The largest absolute Gasteiger partial charge is 0.488 e.